The second kappa shape index (κ2) is 11.0. The Morgan fingerprint density at radius 3 is 2.65 bits per heavy atom. The molecule has 10 nitrogen and oxygen atoms in total. The van der Waals surface area contributed by atoms with E-state index >= 15 is 0 Å². The zero-order valence-corrected chi connectivity index (χ0v) is 21.9. The Balaban J connectivity index is 1.52. The molecule has 1 aromatic carbocycles. The highest BCUT2D eigenvalue weighted by atomic mass is 32.2. The van der Waals surface area contributed by atoms with Crippen LogP contribution in [0.25, 0.3) is 21.9 Å². The molecule has 3 aromatic rings. The van der Waals surface area contributed by atoms with Crippen molar-refractivity contribution in [3.05, 3.63) is 59.1 Å². The van der Waals surface area contributed by atoms with Crippen molar-refractivity contribution in [2.24, 2.45) is 0 Å². The number of hydroxylamine groups is 1. The molecule has 2 unspecified atom stereocenters. The maximum atomic E-state index is 13.2. The van der Waals surface area contributed by atoms with E-state index in [1.807, 2.05) is 18.2 Å². The summed E-state index contributed by atoms with van der Waals surface area (Å²) in [7, 11) is -2.30. The van der Waals surface area contributed by atoms with E-state index in [4.69, 9.17) is 14.3 Å². The minimum atomic E-state index is -3.85. The van der Waals surface area contributed by atoms with Crippen LogP contribution in [-0.4, -0.2) is 54.9 Å². The molecule has 0 radical (unpaired) electrons. The third-order valence-corrected chi connectivity index (χ3v) is 8.83. The van der Waals surface area contributed by atoms with Gasteiger partial charge in [-0.15, -0.1) is 0 Å². The Labute approximate surface area is 215 Å². The molecule has 2 atom stereocenters. The smallest absolute Gasteiger partial charge is 0.264 e. The molecule has 1 fully saturated rings. The van der Waals surface area contributed by atoms with Crippen molar-refractivity contribution >= 4 is 26.5 Å². The topological polar surface area (TPSA) is 126 Å². The van der Waals surface area contributed by atoms with Crippen LogP contribution in [0.3, 0.4) is 0 Å². The van der Waals surface area contributed by atoms with Gasteiger partial charge in [-0.25, -0.2) is 23.7 Å². The first-order chi connectivity index (χ1) is 17.6. The van der Waals surface area contributed by atoms with E-state index in [0.717, 1.165) is 35.6 Å². The van der Waals surface area contributed by atoms with E-state index in [2.05, 4.69) is 10.5 Å². The number of carbonyl (C=O) groups excluding carboxylic acids is 1. The lowest BCUT2D eigenvalue weighted by molar-refractivity contribution is -0.201. The van der Waals surface area contributed by atoms with E-state index in [1.54, 1.807) is 37.7 Å². The molecule has 37 heavy (non-hydrogen) atoms. The fraction of sp³-hybridized carbons (Fsp3) is 0.423. The number of fused-ring (bicyclic) bond motifs is 1. The Morgan fingerprint density at radius 2 is 2.00 bits per heavy atom. The van der Waals surface area contributed by atoms with Crippen LogP contribution in [0.15, 0.2) is 53.6 Å². The van der Waals surface area contributed by atoms with Crippen LogP contribution in [0.2, 0.25) is 0 Å². The van der Waals surface area contributed by atoms with Gasteiger partial charge in [0.2, 0.25) is 5.88 Å². The molecule has 2 aromatic heterocycles. The number of carbonyl (C=O) groups is 1. The van der Waals surface area contributed by atoms with Crippen molar-refractivity contribution < 1.29 is 27.5 Å². The summed E-state index contributed by atoms with van der Waals surface area (Å²) in [5.74, 6) is -0.285. The van der Waals surface area contributed by atoms with Gasteiger partial charge in [0.15, 0.2) is 20.9 Å². The number of pyridine rings is 2. The summed E-state index contributed by atoms with van der Waals surface area (Å²) in [5.41, 5.74) is 3.76. The molecule has 3 heterocycles. The van der Waals surface area contributed by atoms with Crippen molar-refractivity contribution in [2.45, 2.75) is 50.2 Å². The van der Waals surface area contributed by atoms with E-state index in [9.17, 15) is 18.0 Å². The number of hydrogen-bond acceptors (Lipinski definition) is 8. The van der Waals surface area contributed by atoms with E-state index in [0.29, 0.717) is 24.3 Å². The molecule has 0 spiro atoms. The number of ether oxygens (including phenoxy) is 2. The highest BCUT2D eigenvalue weighted by Crippen LogP contribution is 2.25. The average Bonchev–Trinajstić information content (AvgIpc) is 2.91. The second-order valence-corrected chi connectivity index (χ2v) is 11.7. The average molecular weight is 530 g/mol. The number of nitrogens with one attached hydrogen (secondary N) is 1. The number of benzene rings is 1. The standard InChI is InChI=1S/C26H31N3O7S/c1-26(37(3,32)33,25(31)28-36-23-6-4-5-15-35-23)12-14-29-13-11-19-16-18(7-9-21(19)24(29)30)20-8-10-22(34-2)27-17-20/h7-11,13,16-17,23H,4-6,12,14-15H2,1-3H3,(H,28,31). The van der Waals surface area contributed by atoms with Gasteiger partial charge < -0.3 is 14.0 Å². The molecule has 1 aliphatic rings. The van der Waals surface area contributed by atoms with Gasteiger partial charge in [0.25, 0.3) is 11.5 Å². The third-order valence-electron chi connectivity index (χ3n) is 6.81. The van der Waals surface area contributed by atoms with Crippen molar-refractivity contribution in [3.63, 3.8) is 0 Å². The molecule has 0 saturated carbocycles. The number of aryl methyl sites for hydroxylation is 1. The fourth-order valence-corrected chi connectivity index (χ4v) is 4.99. The Hall–Kier alpha value is -3.28. The zero-order chi connectivity index (χ0) is 26.6. The maximum absolute atomic E-state index is 13.2. The lowest BCUT2D eigenvalue weighted by Crippen LogP contribution is -2.51. The zero-order valence-electron chi connectivity index (χ0n) is 21.1. The van der Waals surface area contributed by atoms with Crippen molar-refractivity contribution in [2.75, 3.05) is 20.0 Å². The number of hydrogen-bond donors (Lipinski definition) is 1. The van der Waals surface area contributed by atoms with Crippen molar-refractivity contribution in [1.82, 2.24) is 15.0 Å². The molecule has 1 amide bonds. The van der Waals surface area contributed by atoms with E-state index in [-0.39, 0.29) is 18.5 Å². The molecular formula is C26H31N3O7S. The van der Waals surface area contributed by atoms with Crippen LogP contribution in [-0.2, 0) is 30.8 Å². The van der Waals surface area contributed by atoms with Gasteiger partial charge in [-0.3, -0.25) is 9.59 Å². The Bertz CT molecular complexity index is 1430. The molecule has 1 aliphatic heterocycles. The molecule has 198 valence electrons. The SMILES string of the molecule is COc1ccc(-c2ccc3c(=O)n(CCC(C)(C(=O)NOC4CCCCO4)S(C)(=O)=O)ccc3c2)cn1. The molecule has 0 aliphatic carbocycles. The summed E-state index contributed by atoms with van der Waals surface area (Å²) >= 11 is 0. The monoisotopic (exact) mass is 529 g/mol. The summed E-state index contributed by atoms with van der Waals surface area (Å²) < 4.78 is 35.4. The number of amides is 1. The minimum Gasteiger partial charge on any atom is -0.481 e. The Morgan fingerprint density at radius 1 is 1.22 bits per heavy atom. The maximum Gasteiger partial charge on any atom is 0.264 e. The normalized spacial score (nSPS) is 17.8. The molecule has 0 bridgehead atoms. The Kier molecular flexibility index (Phi) is 7.96. The first kappa shape index (κ1) is 26.8. The summed E-state index contributed by atoms with van der Waals surface area (Å²) in [4.78, 5) is 35.6. The van der Waals surface area contributed by atoms with Gasteiger partial charge >= 0.3 is 0 Å². The molecule has 11 heteroatoms. The van der Waals surface area contributed by atoms with Crippen molar-refractivity contribution in [1.29, 1.82) is 0 Å². The summed E-state index contributed by atoms with van der Waals surface area (Å²) in [6.07, 6.45) is 6.00. The predicted molar refractivity (Wildman–Crippen MR) is 139 cm³/mol. The summed E-state index contributed by atoms with van der Waals surface area (Å²) in [6.45, 7) is 1.88. The lowest BCUT2D eigenvalue weighted by Gasteiger charge is -2.28. The number of aromatic nitrogens is 2. The van der Waals surface area contributed by atoms with Gasteiger partial charge in [0.1, 0.15) is 0 Å². The first-order valence-electron chi connectivity index (χ1n) is 12.0. The summed E-state index contributed by atoms with van der Waals surface area (Å²) in [6, 6.07) is 10.9. The number of methoxy groups -OCH3 is 1. The fourth-order valence-electron chi connectivity index (χ4n) is 4.15. The minimum absolute atomic E-state index is 0.0237. The van der Waals surface area contributed by atoms with E-state index in [1.165, 1.54) is 11.5 Å². The lowest BCUT2D eigenvalue weighted by atomic mass is 10.0. The van der Waals surface area contributed by atoms with Crippen LogP contribution < -0.4 is 15.8 Å². The van der Waals surface area contributed by atoms with Gasteiger partial charge in [-0.1, -0.05) is 6.07 Å². The predicted octanol–water partition coefficient (Wildman–Crippen LogP) is 2.84. The van der Waals surface area contributed by atoms with Crippen molar-refractivity contribution in [3.8, 4) is 17.0 Å². The molecule has 1 saturated heterocycles. The van der Waals surface area contributed by atoms with Gasteiger partial charge in [0, 0.05) is 55.2 Å². The molecule has 1 N–H and O–H groups in total. The largest absolute Gasteiger partial charge is 0.481 e. The second-order valence-electron chi connectivity index (χ2n) is 9.30. The first-order valence-corrected chi connectivity index (χ1v) is 13.9. The third kappa shape index (κ3) is 5.84. The highest BCUT2D eigenvalue weighted by molar-refractivity contribution is 7.92. The van der Waals surface area contributed by atoms with Crippen LogP contribution in [0.1, 0.15) is 32.6 Å². The molecule has 4 rings (SSSR count). The number of rotatable bonds is 9. The van der Waals surface area contributed by atoms with Gasteiger partial charge in [0.05, 0.1) is 7.11 Å². The highest BCUT2D eigenvalue weighted by Gasteiger charge is 2.44. The van der Waals surface area contributed by atoms with Crippen LogP contribution in [0.5, 0.6) is 5.88 Å². The van der Waals surface area contributed by atoms with Gasteiger partial charge in [-0.05, 0) is 61.4 Å². The van der Waals surface area contributed by atoms with Crippen LogP contribution in [0.4, 0.5) is 0 Å². The summed E-state index contributed by atoms with van der Waals surface area (Å²) in [5, 5.41) is 1.22. The number of nitrogens with zero attached hydrogens (tertiary/aromatic N) is 2. The van der Waals surface area contributed by atoms with Crippen LogP contribution in [0, 0.1) is 0 Å². The van der Waals surface area contributed by atoms with Crippen LogP contribution >= 0.6 is 0 Å². The van der Waals surface area contributed by atoms with Gasteiger partial charge in [-0.2, -0.15) is 0 Å². The number of sulfone groups is 1. The van der Waals surface area contributed by atoms with E-state index < -0.39 is 26.8 Å². The molecular weight excluding hydrogens is 498 g/mol. The quantitative estimate of drug-likeness (QED) is 0.420.